The van der Waals surface area contributed by atoms with Gasteiger partial charge in [0, 0.05) is 6.04 Å². The maximum absolute atomic E-state index is 12.2. The highest BCUT2D eigenvalue weighted by molar-refractivity contribution is 5.30. The predicted molar refractivity (Wildman–Crippen MR) is 76.0 cm³/mol. The van der Waals surface area contributed by atoms with Crippen LogP contribution in [0.1, 0.15) is 44.7 Å². The summed E-state index contributed by atoms with van der Waals surface area (Å²) in [6.07, 6.45) is 3.92. The van der Waals surface area contributed by atoms with Crippen LogP contribution in [-0.4, -0.2) is 13.2 Å². The number of rotatable bonds is 6. The molecule has 0 amide bonds. The Morgan fingerprint density at radius 2 is 2.15 bits per heavy atom. The molecule has 112 valence electrons. The molecule has 1 aromatic carbocycles. The highest BCUT2D eigenvalue weighted by Crippen LogP contribution is 2.31. The fourth-order valence-electron chi connectivity index (χ4n) is 2.93. The Balaban J connectivity index is 1.89. The van der Waals surface area contributed by atoms with Gasteiger partial charge in [0.15, 0.2) is 0 Å². The van der Waals surface area contributed by atoms with E-state index >= 15 is 0 Å². The second-order valence-electron chi connectivity index (χ2n) is 5.75. The molecular formula is C16H23F2NO. The molecule has 1 aromatic rings. The first kappa shape index (κ1) is 15.2. The van der Waals surface area contributed by atoms with Crippen molar-refractivity contribution in [2.24, 2.45) is 11.8 Å². The summed E-state index contributed by atoms with van der Waals surface area (Å²) in [6, 6.07) is 7.07. The molecular weight excluding hydrogens is 260 g/mol. The number of nitrogens with one attached hydrogen (secondary N) is 1. The minimum Gasteiger partial charge on any atom is -0.435 e. The SMILES string of the molecule is CC(NCC1CCCC1C)c1cccc(OC(F)F)c1. The third kappa shape index (κ3) is 4.17. The zero-order valence-corrected chi connectivity index (χ0v) is 12.1. The summed E-state index contributed by atoms with van der Waals surface area (Å²) in [4.78, 5) is 0. The molecule has 1 aliphatic carbocycles. The Morgan fingerprint density at radius 3 is 2.80 bits per heavy atom. The van der Waals surface area contributed by atoms with E-state index < -0.39 is 6.61 Å². The Hall–Kier alpha value is -1.16. The molecule has 4 heteroatoms. The average molecular weight is 283 g/mol. The molecule has 2 rings (SSSR count). The minimum atomic E-state index is -2.77. The highest BCUT2D eigenvalue weighted by atomic mass is 19.3. The van der Waals surface area contributed by atoms with Crippen LogP contribution in [0.3, 0.4) is 0 Å². The molecule has 0 radical (unpaired) electrons. The van der Waals surface area contributed by atoms with E-state index in [9.17, 15) is 8.78 Å². The predicted octanol–water partition coefficient (Wildman–Crippen LogP) is 4.37. The van der Waals surface area contributed by atoms with Gasteiger partial charge < -0.3 is 10.1 Å². The quantitative estimate of drug-likeness (QED) is 0.836. The van der Waals surface area contributed by atoms with Crippen molar-refractivity contribution in [1.82, 2.24) is 5.32 Å². The summed E-state index contributed by atoms with van der Waals surface area (Å²) in [6.45, 7) is 2.58. The van der Waals surface area contributed by atoms with Crippen LogP contribution in [0.25, 0.3) is 0 Å². The van der Waals surface area contributed by atoms with Gasteiger partial charge >= 0.3 is 6.61 Å². The summed E-state index contributed by atoms with van der Waals surface area (Å²) in [5.41, 5.74) is 0.980. The molecule has 0 spiro atoms. The van der Waals surface area contributed by atoms with Gasteiger partial charge in [-0.1, -0.05) is 31.9 Å². The molecule has 3 unspecified atom stereocenters. The lowest BCUT2D eigenvalue weighted by Crippen LogP contribution is -2.27. The molecule has 0 aliphatic heterocycles. The largest absolute Gasteiger partial charge is 0.435 e. The zero-order chi connectivity index (χ0) is 14.5. The Labute approximate surface area is 119 Å². The van der Waals surface area contributed by atoms with Crippen LogP contribution in [0, 0.1) is 11.8 Å². The van der Waals surface area contributed by atoms with Crippen molar-refractivity contribution in [2.75, 3.05) is 6.54 Å². The third-order valence-electron chi connectivity index (χ3n) is 4.31. The van der Waals surface area contributed by atoms with E-state index in [1.807, 2.05) is 6.07 Å². The van der Waals surface area contributed by atoms with Crippen molar-refractivity contribution in [1.29, 1.82) is 0 Å². The van der Waals surface area contributed by atoms with Crippen molar-refractivity contribution in [2.45, 2.75) is 45.8 Å². The van der Waals surface area contributed by atoms with Crippen molar-refractivity contribution in [3.8, 4) is 5.75 Å². The lowest BCUT2D eigenvalue weighted by molar-refractivity contribution is -0.0499. The molecule has 2 nitrogen and oxygen atoms in total. The monoisotopic (exact) mass is 283 g/mol. The molecule has 1 saturated carbocycles. The fourth-order valence-corrected chi connectivity index (χ4v) is 2.93. The molecule has 1 N–H and O–H groups in total. The van der Waals surface area contributed by atoms with Crippen molar-refractivity contribution in [3.05, 3.63) is 29.8 Å². The van der Waals surface area contributed by atoms with Crippen LogP contribution in [0.15, 0.2) is 24.3 Å². The summed E-state index contributed by atoms with van der Waals surface area (Å²) >= 11 is 0. The number of ether oxygens (including phenoxy) is 1. The van der Waals surface area contributed by atoms with E-state index in [0.29, 0.717) is 0 Å². The first-order chi connectivity index (χ1) is 9.56. The second kappa shape index (κ2) is 7.02. The van der Waals surface area contributed by atoms with Crippen molar-refractivity contribution < 1.29 is 13.5 Å². The molecule has 0 heterocycles. The Morgan fingerprint density at radius 1 is 1.35 bits per heavy atom. The van der Waals surface area contributed by atoms with Crippen LogP contribution in [0.2, 0.25) is 0 Å². The van der Waals surface area contributed by atoms with Gasteiger partial charge in [0.05, 0.1) is 0 Å². The molecule has 1 aliphatic rings. The zero-order valence-electron chi connectivity index (χ0n) is 12.1. The van der Waals surface area contributed by atoms with Gasteiger partial charge in [0.2, 0.25) is 0 Å². The summed E-state index contributed by atoms with van der Waals surface area (Å²) < 4.78 is 28.9. The van der Waals surface area contributed by atoms with Gasteiger partial charge in [0.25, 0.3) is 0 Å². The first-order valence-electron chi connectivity index (χ1n) is 7.34. The van der Waals surface area contributed by atoms with Crippen molar-refractivity contribution >= 4 is 0 Å². The van der Waals surface area contributed by atoms with Gasteiger partial charge in [-0.3, -0.25) is 0 Å². The maximum atomic E-state index is 12.2. The van der Waals surface area contributed by atoms with E-state index in [-0.39, 0.29) is 11.8 Å². The molecule has 0 bridgehead atoms. The molecule has 20 heavy (non-hydrogen) atoms. The Bertz CT molecular complexity index is 425. The first-order valence-corrected chi connectivity index (χ1v) is 7.34. The average Bonchev–Trinajstić information content (AvgIpc) is 2.81. The van der Waals surface area contributed by atoms with E-state index in [2.05, 4.69) is 23.9 Å². The minimum absolute atomic E-state index is 0.143. The van der Waals surface area contributed by atoms with Crippen LogP contribution in [0.4, 0.5) is 8.78 Å². The van der Waals surface area contributed by atoms with Crippen LogP contribution in [-0.2, 0) is 0 Å². The van der Waals surface area contributed by atoms with E-state index in [1.54, 1.807) is 18.2 Å². The molecule has 0 aromatic heterocycles. The summed E-state index contributed by atoms with van der Waals surface area (Å²) in [5, 5.41) is 3.51. The number of hydrogen-bond acceptors (Lipinski definition) is 2. The topological polar surface area (TPSA) is 21.3 Å². The lowest BCUT2D eigenvalue weighted by atomic mass is 9.97. The highest BCUT2D eigenvalue weighted by Gasteiger charge is 2.23. The van der Waals surface area contributed by atoms with Crippen LogP contribution >= 0.6 is 0 Å². The number of alkyl halides is 2. The van der Waals surface area contributed by atoms with Gasteiger partial charge in [-0.15, -0.1) is 0 Å². The van der Waals surface area contributed by atoms with Crippen molar-refractivity contribution in [3.63, 3.8) is 0 Å². The van der Waals surface area contributed by atoms with E-state index in [0.717, 1.165) is 23.9 Å². The third-order valence-corrected chi connectivity index (χ3v) is 4.31. The van der Waals surface area contributed by atoms with Crippen LogP contribution in [0.5, 0.6) is 5.75 Å². The van der Waals surface area contributed by atoms with E-state index in [1.165, 1.54) is 19.3 Å². The maximum Gasteiger partial charge on any atom is 0.387 e. The number of hydrogen-bond donors (Lipinski definition) is 1. The molecule has 3 atom stereocenters. The number of benzene rings is 1. The lowest BCUT2D eigenvalue weighted by Gasteiger charge is -2.20. The van der Waals surface area contributed by atoms with Gasteiger partial charge in [-0.2, -0.15) is 8.78 Å². The van der Waals surface area contributed by atoms with Crippen LogP contribution < -0.4 is 10.1 Å². The van der Waals surface area contributed by atoms with Gasteiger partial charge in [-0.05, 0) is 49.4 Å². The molecule has 0 saturated heterocycles. The normalized spacial score (nSPS) is 24.1. The smallest absolute Gasteiger partial charge is 0.387 e. The number of halogens is 2. The second-order valence-corrected chi connectivity index (χ2v) is 5.75. The Kier molecular flexibility index (Phi) is 5.35. The molecule has 1 fully saturated rings. The van der Waals surface area contributed by atoms with E-state index in [4.69, 9.17) is 0 Å². The standard InChI is InChI=1S/C16H23F2NO/c1-11-5-3-7-14(11)10-19-12(2)13-6-4-8-15(9-13)20-16(17)18/h4,6,8-9,11-12,14,16,19H,3,5,7,10H2,1-2H3. The summed E-state index contributed by atoms with van der Waals surface area (Å²) in [7, 11) is 0. The van der Waals surface area contributed by atoms with Gasteiger partial charge in [0.1, 0.15) is 5.75 Å². The summed E-state index contributed by atoms with van der Waals surface area (Å²) in [5.74, 6) is 1.74. The van der Waals surface area contributed by atoms with Gasteiger partial charge in [-0.25, -0.2) is 0 Å². The fraction of sp³-hybridized carbons (Fsp3) is 0.625.